The Morgan fingerprint density at radius 3 is 2.72 bits per heavy atom. The molecule has 1 atom stereocenters. The van der Waals surface area contributed by atoms with E-state index in [1.54, 1.807) is 11.6 Å². The van der Waals surface area contributed by atoms with Crippen LogP contribution < -0.4 is 10.1 Å². The molecule has 0 aliphatic heterocycles. The van der Waals surface area contributed by atoms with E-state index in [-0.39, 0.29) is 17.6 Å². The van der Waals surface area contributed by atoms with Crippen molar-refractivity contribution in [2.24, 2.45) is 0 Å². The molecule has 25 heavy (non-hydrogen) atoms. The molecular weight excluding hydrogens is 343 g/mol. The summed E-state index contributed by atoms with van der Waals surface area (Å²) < 4.78 is 42.3. The van der Waals surface area contributed by atoms with E-state index in [1.807, 2.05) is 0 Å². The number of alkyl halides is 3. The van der Waals surface area contributed by atoms with Crippen LogP contribution in [0.5, 0.6) is 5.88 Å². The van der Waals surface area contributed by atoms with Gasteiger partial charge in [-0.3, -0.25) is 4.79 Å². The van der Waals surface area contributed by atoms with E-state index >= 15 is 0 Å². The molecule has 1 aliphatic rings. The minimum atomic E-state index is -4.47. The van der Waals surface area contributed by atoms with Crippen LogP contribution in [0.4, 0.5) is 13.2 Å². The quantitative estimate of drug-likeness (QED) is 0.828. The largest absolute Gasteiger partial charge is 0.467 e. The first-order valence-corrected chi connectivity index (χ1v) is 7.45. The van der Waals surface area contributed by atoms with E-state index in [1.165, 1.54) is 6.07 Å². The molecule has 1 saturated carbocycles. The van der Waals surface area contributed by atoms with Crippen molar-refractivity contribution in [3.05, 3.63) is 23.7 Å². The number of nitrogens with one attached hydrogen (secondary N) is 1. The van der Waals surface area contributed by atoms with E-state index in [0.29, 0.717) is 5.82 Å². The molecule has 0 spiro atoms. The summed E-state index contributed by atoms with van der Waals surface area (Å²) in [6.07, 6.45) is -2.49. The number of ether oxygens (including phenoxy) is 1. The summed E-state index contributed by atoms with van der Waals surface area (Å²) in [6, 6.07) is 2.16. The standard InChI is InChI=1S/C13H14F3N7O2/c1-7(11-20-21-22-23(11)8-2-3-8)17-12(24)9-4-5-10(19-18-9)25-6-13(14,15)16/h4-5,7-8H,2-3,6H2,1H3,(H,17,24)/t7-/m1/s1. The fourth-order valence-corrected chi connectivity index (χ4v) is 2.07. The van der Waals surface area contributed by atoms with Crippen LogP contribution in [0.3, 0.4) is 0 Å². The van der Waals surface area contributed by atoms with Gasteiger partial charge in [0.1, 0.15) is 0 Å². The van der Waals surface area contributed by atoms with Crippen molar-refractivity contribution in [2.75, 3.05) is 6.61 Å². The third kappa shape index (κ3) is 4.39. The first kappa shape index (κ1) is 17.0. The molecule has 0 unspecified atom stereocenters. The second kappa shape index (κ2) is 6.61. The minimum absolute atomic E-state index is 0.0587. The van der Waals surface area contributed by atoms with E-state index in [9.17, 15) is 18.0 Å². The molecule has 1 amide bonds. The number of nitrogens with zero attached hydrogens (tertiary/aromatic N) is 6. The lowest BCUT2D eigenvalue weighted by Gasteiger charge is -2.13. The molecule has 2 heterocycles. The molecule has 9 nitrogen and oxygen atoms in total. The van der Waals surface area contributed by atoms with E-state index in [0.717, 1.165) is 18.9 Å². The van der Waals surface area contributed by atoms with E-state index < -0.39 is 24.7 Å². The van der Waals surface area contributed by atoms with Crippen molar-refractivity contribution in [1.29, 1.82) is 0 Å². The lowest BCUT2D eigenvalue weighted by Crippen LogP contribution is -2.29. The molecule has 0 bridgehead atoms. The zero-order valence-electron chi connectivity index (χ0n) is 13.1. The van der Waals surface area contributed by atoms with Crippen molar-refractivity contribution in [2.45, 2.75) is 38.0 Å². The number of carbonyl (C=O) groups excluding carboxylic acids is 1. The zero-order valence-corrected chi connectivity index (χ0v) is 13.1. The predicted octanol–water partition coefficient (Wildman–Crippen LogP) is 1.23. The Balaban J connectivity index is 1.60. The molecule has 0 radical (unpaired) electrons. The molecule has 1 fully saturated rings. The van der Waals surface area contributed by atoms with Gasteiger partial charge >= 0.3 is 6.18 Å². The molecule has 2 aromatic heterocycles. The summed E-state index contributed by atoms with van der Waals surface area (Å²) in [6.45, 7) is 0.241. The Bertz CT molecular complexity index is 743. The van der Waals surface area contributed by atoms with Gasteiger partial charge in [0.25, 0.3) is 5.91 Å². The lowest BCUT2D eigenvalue weighted by atomic mass is 10.3. The first-order chi connectivity index (χ1) is 11.8. The summed E-state index contributed by atoms with van der Waals surface area (Å²) >= 11 is 0. The van der Waals surface area contributed by atoms with E-state index in [4.69, 9.17) is 0 Å². The third-order valence-electron chi connectivity index (χ3n) is 3.40. The number of hydrogen-bond donors (Lipinski definition) is 1. The van der Waals surface area contributed by atoms with Crippen LogP contribution in [0.25, 0.3) is 0 Å². The summed E-state index contributed by atoms with van der Waals surface area (Å²) in [5.41, 5.74) is -0.0587. The van der Waals surface area contributed by atoms with Crippen LogP contribution in [0.2, 0.25) is 0 Å². The number of hydrogen-bond acceptors (Lipinski definition) is 7. The lowest BCUT2D eigenvalue weighted by molar-refractivity contribution is -0.154. The Morgan fingerprint density at radius 1 is 1.36 bits per heavy atom. The fourth-order valence-electron chi connectivity index (χ4n) is 2.07. The summed E-state index contributed by atoms with van der Waals surface area (Å²) in [5.74, 6) is -0.346. The highest BCUT2D eigenvalue weighted by atomic mass is 19.4. The molecule has 1 N–H and O–H groups in total. The van der Waals surface area contributed by atoms with Gasteiger partial charge in [-0.1, -0.05) is 0 Å². The summed E-state index contributed by atoms with van der Waals surface area (Å²) in [5, 5.41) is 21.1. The van der Waals surface area contributed by atoms with Gasteiger partial charge in [-0.15, -0.1) is 15.3 Å². The maximum Gasteiger partial charge on any atom is 0.422 e. The highest BCUT2D eigenvalue weighted by Gasteiger charge is 2.30. The molecule has 0 aromatic carbocycles. The topological polar surface area (TPSA) is 108 Å². The third-order valence-corrected chi connectivity index (χ3v) is 3.40. The van der Waals surface area contributed by atoms with Crippen LogP contribution in [0, 0.1) is 0 Å². The highest BCUT2D eigenvalue weighted by molar-refractivity contribution is 5.92. The highest BCUT2D eigenvalue weighted by Crippen LogP contribution is 2.35. The average Bonchev–Trinajstić information content (AvgIpc) is 3.29. The van der Waals surface area contributed by atoms with Crippen molar-refractivity contribution >= 4 is 5.91 Å². The number of halogens is 3. The van der Waals surface area contributed by atoms with Gasteiger partial charge in [-0.05, 0) is 36.3 Å². The second-order valence-electron chi connectivity index (χ2n) is 5.57. The Kier molecular flexibility index (Phi) is 4.51. The fraction of sp³-hybridized carbons (Fsp3) is 0.538. The number of carbonyl (C=O) groups is 1. The first-order valence-electron chi connectivity index (χ1n) is 7.45. The zero-order chi connectivity index (χ0) is 18.0. The average molecular weight is 357 g/mol. The smallest absolute Gasteiger partial charge is 0.422 e. The van der Waals surface area contributed by atoms with Crippen molar-refractivity contribution in [1.82, 2.24) is 35.7 Å². The SMILES string of the molecule is C[C@@H](NC(=O)c1ccc(OCC(F)(F)F)nn1)c1nnnn1C1CC1. The number of aromatic nitrogens is 6. The minimum Gasteiger partial charge on any atom is -0.467 e. The molecule has 2 aromatic rings. The normalized spacial score (nSPS) is 15.7. The van der Waals surface area contributed by atoms with Gasteiger partial charge in [-0.2, -0.15) is 13.2 Å². The van der Waals surface area contributed by atoms with Gasteiger partial charge in [0, 0.05) is 6.07 Å². The van der Waals surface area contributed by atoms with Crippen molar-refractivity contribution < 1.29 is 22.7 Å². The van der Waals surface area contributed by atoms with Gasteiger partial charge in [0.15, 0.2) is 18.1 Å². The predicted molar refractivity (Wildman–Crippen MR) is 75.6 cm³/mol. The Hall–Kier alpha value is -2.79. The van der Waals surface area contributed by atoms with Crippen LogP contribution in [0.15, 0.2) is 12.1 Å². The molecule has 0 saturated heterocycles. The van der Waals surface area contributed by atoms with Crippen LogP contribution in [-0.4, -0.2) is 49.1 Å². The molecule has 3 rings (SSSR count). The maximum absolute atomic E-state index is 12.2. The Labute approximate surface area is 139 Å². The van der Waals surface area contributed by atoms with Crippen molar-refractivity contribution in [3.8, 4) is 5.88 Å². The summed E-state index contributed by atoms with van der Waals surface area (Å²) in [4.78, 5) is 12.2. The van der Waals surface area contributed by atoms with Gasteiger partial charge in [0.2, 0.25) is 5.88 Å². The van der Waals surface area contributed by atoms with Gasteiger partial charge in [-0.25, -0.2) is 4.68 Å². The summed E-state index contributed by atoms with van der Waals surface area (Å²) in [7, 11) is 0. The van der Waals surface area contributed by atoms with Crippen LogP contribution >= 0.6 is 0 Å². The van der Waals surface area contributed by atoms with Crippen LogP contribution in [0.1, 0.15) is 48.2 Å². The monoisotopic (exact) mass is 357 g/mol. The Morgan fingerprint density at radius 2 is 2.12 bits per heavy atom. The van der Waals surface area contributed by atoms with E-state index in [2.05, 4.69) is 35.8 Å². The number of amides is 1. The maximum atomic E-state index is 12.2. The molecule has 12 heteroatoms. The molecular formula is C13H14F3N7O2. The number of rotatable bonds is 6. The van der Waals surface area contributed by atoms with Gasteiger partial charge < -0.3 is 10.1 Å². The molecule has 134 valence electrons. The van der Waals surface area contributed by atoms with Gasteiger partial charge in [0.05, 0.1) is 12.1 Å². The number of tetrazole rings is 1. The molecule has 1 aliphatic carbocycles. The second-order valence-corrected chi connectivity index (χ2v) is 5.57. The van der Waals surface area contributed by atoms with Crippen molar-refractivity contribution in [3.63, 3.8) is 0 Å². The van der Waals surface area contributed by atoms with Crippen LogP contribution in [-0.2, 0) is 0 Å².